The third kappa shape index (κ3) is 4.06. The summed E-state index contributed by atoms with van der Waals surface area (Å²) in [7, 11) is 0. The number of nitrogens with zero attached hydrogens (tertiary/aromatic N) is 2. The third-order valence-electron chi connectivity index (χ3n) is 4.04. The molecule has 2 aromatic carbocycles. The van der Waals surface area contributed by atoms with E-state index >= 15 is 0 Å². The van der Waals surface area contributed by atoms with Crippen LogP contribution in [0.3, 0.4) is 0 Å². The first-order chi connectivity index (χ1) is 12.7. The van der Waals surface area contributed by atoms with E-state index in [9.17, 15) is 4.79 Å². The molecule has 0 bridgehead atoms. The number of benzene rings is 2. The number of hydrogen-bond donors (Lipinski definition) is 1. The lowest BCUT2D eigenvalue weighted by atomic mass is 10.0. The Balaban J connectivity index is 1.74. The van der Waals surface area contributed by atoms with Gasteiger partial charge in [-0.05, 0) is 42.7 Å². The minimum Gasteiger partial charge on any atom is -0.494 e. The van der Waals surface area contributed by atoms with E-state index in [1.165, 1.54) is 6.33 Å². The monoisotopic (exact) mass is 347 g/mol. The summed E-state index contributed by atoms with van der Waals surface area (Å²) in [6, 6.07) is 13.4. The maximum absolute atomic E-state index is 12.7. The molecule has 1 amide bonds. The van der Waals surface area contributed by atoms with Crippen LogP contribution in [0.15, 0.2) is 61.2 Å². The van der Waals surface area contributed by atoms with E-state index in [2.05, 4.69) is 15.3 Å². The minimum absolute atomic E-state index is 0.129. The topological polar surface area (TPSA) is 64.1 Å². The molecule has 1 heterocycles. The zero-order valence-electron chi connectivity index (χ0n) is 14.9. The number of carbonyl (C=O) groups excluding carboxylic acids is 1. The average molecular weight is 347 g/mol. The van der Waals surface area contributed by atoms with Crippen molar-refractivity contribution in [1.82, 2.24) is 15.3 Å². The van der Waals surface area contributed by atoms with Crippen LogP contribution in [0.4, 0.5) is 0 Å². The van der Waals surface area contributed by atoms with E-state index in [-0.39, 0.29) is 5.91 Å². The standard InChI is InChI=1S/C21H21N3O2/c1-3-26-20-9-8-16(10-15(20)2)11-24-21(25)19-7-5-4-6-18(19)17-12-22-14-23-13-17/h4-10,12-14H,3,11H2,1-2H3,(H,24,25). The highest BCUT2D eigenvalue weighted by atomic mass is 16.5. The molecule has 0 atom stereocenters. The Labute approximate surface area is 153 Å². The third-order valence-corrected chi connectivity index (χ3v) is 4.04. The summed E-state index contributed by atoms with van der Waals surface area (Å²) >= 11 is 0. The van der Waals surface area contributed by atoms with Gasteiger partial charge in [0.25, 0.3) is 5.91 Å². The average Bonchev–Trinajstić information content (AvgIpc) is 2.69. The van der Waals surface area contributed by atoms with Crippen LogP contribution in [0.25, 0.3) is 11.1 Å². The zero-order valence-corrected chi connectivity index (χ0v) is 14.9. The highest BCUT2D eigenvalue weighted by molar-refractivity contribution is 6.00. The number of aryl methyl sites for hydroxylation is 1. The van der Waals surface area contributed by atoms with Gasteiger partial charge in [0.15, 0.2) is 0 Å². The number of hydrogen-bond acceptors (Lipinski definition) is 4. The molecule has 0 aliphatic carbocycles. The van der Waals surface area contributed by atoms with Crippen molar-refractivity contribution in [2.24, 2.45) is 0 Å². The van der Waals surface area contributed by atoms with Crippen LogP contribution in [0, 0.1) is 6.92 Å². The van der Waals surface area contributed by atoms with Gasteiger partial charge >= 0.3 is 0 Å². The molecule has 1 aromatic heterocycles. The molecular formula is C21H21N3O2. The lowest BCUT2D eigenvalue weighted by molar-refractivity contribution is 0.0951. The lowest BCUT2D eigenvalue weighted by Gasteiger charge is -2.12. The van der Waals surface area contributed by atoms with Gasteiger partial charge in [0.05, 0.1) is 6.61 Å². The van der Waals surface area contributed by atoms with Crippen molar-refractivity contribution in [3.05, 3.63) is 77.9 Å². The van der Waals surface area contributed by atoms with Gasteiger partial charge in [0.2, 0.25) is 0 Å². The van der Waals surface area contributed by atoms with Crippen molar-refractivity contribution in [2.45, 2.75) is 20.4 Å². The van der Waals surface area contributed by atoms with Gasteiger partial charge in [-0.2, -0.15) is 0 Å². The maximum atomic E-state index is 12.7. The van der Waals surface area contributed by atoms with Crippen molar-refractivity contribution in [1.29, 1.82) is 0 Å². The van der Waals surface area contributed by atoms with Gasteiger partial charge in [-0.25, -0.2) is 9.97 Å². The Morgan fingerprint density at radius 3 is 2.62 bits per heavy atom. The van der Waals surface area contributed by atoms with Crippen molar-refractivity contribution in [3.8, 4) is 16.9 Å². The lowest BCUT2D eigenvalue weighted by Crippen LogP contribution is -2.23. The van der Waals surface area contributed by atoms with Gasteiger partial charge in [0, 0.05) is 30.1 Å². The van der Waals surface area contributed by atoms with Crippen LogP contribution in [0.2, 0.25) is 0 Å². The molecule has 0 spiro atoms. The van der Waals surface area contributed by atoms with Crippen molar-refractivity contribution >= 4 is 5.91 Å². The molecule has 0 saturated carbocycles. The van der Waals surface area contributed by atoms with E-state index in [4.69, 9.17) is 4.74 Å². The second kappa shape index (κ2) is 8.25. The Kier molecular flexibility index (Phi) is 5.59. The van der Waals surface area contributed by atoms with E-state index < -0.39 is 0 Å². The molecule has 3 rings (SSSR count). The molecule has 26 heavy (non-hydrogen) atoms. The first-order valence-electron chi connectivity index (χ1n) is 8.54. The zero-order chi connectivity index (χ0) is 18.4. The summed E-state index contributed by atoms with van der Waals surface area (Å²) in [5.74, 6) is 0.744. The summed E-state index contributed by atoms with van der Waals surface area (Å²) in [5.41, 5.74) is 4.31. The predicted octanol–water partition coefficient (Wildman–Crippen LogP) is 3.78. The van der Waals surface area contributed by atoms with Gasteiger partial charge in [-0.1, -0.05) is 30.3 Å². The molecule has 3 aromatic rings. The first kappa shape index (κ1) is 17.6. The van der Waals surface area contributed by atoms with Gasteiger partial charge < -0.3 is 10.1 Å². The van der Waals surface area contributed by atoms with Gasteiger partial charge in [0.1, 0.15) is 12.1 Å². The number of ether oxygens (including phenoxy) is 1. The van der Waals surface area contributed by atoms with E-state index in [1.807, 2.05) is 50.2 Å². The quantitative estimate of drug-likeness (QED) is 0.737. The summed E-state index contributed by atoms with van der Waals surface area (Å²) < 4.78 is 5.55. The highest BCUT2D eigenvalue weighted by Gasteiger charge is 2.12. The molecule has 132 valence electrons. The molecule has 0 aliphatic rings. The Morgan fingerprint density at radius 1 is 1.12 bits per heavy atom. The Bertz CT molecular complexity index is 895. The summed E-state index contributed by atoms with van der Waals surface area (Å²) in [6.07, 6.45) is 4.88. The SMILES string of the molecule is CCOc1ccc(CNC(=O)c2ccccc2-c2cncnc2)cc1C. The van der Waals surface area contributed by atoms with E-state index in [0.29, 0.717) is 18.7 Å². The van der Waals surface area contributed by atoms with Crippen LogP contribution in [-0.2, 0) is 6.54 Å². The number of rotatable bonds is 6. The van der Waals surface area contributed by atoms with Gasteiger partial charge in [-0.15, -0.1) is 0 Å². The fourth-order valence-electron chi connectivity index (χ4n) is 2.79. The maximum Gasteiger partial charge on any atom is 0.252 e. The Hall–Kier alpha value is -3.21. The fraction of sp³-hybridized carbons (Fsp3) is 0.190. The van der Waals surface area contributed by atoms with Crippen molar-refractivity contribution in [3.63, 3.8) is 0 Å². The molecule has 5 heteroatoms. The molecule has 0 radical (unpaired) electrons. The normalized spacial score (nSPS) is 10.4. The first-order valence-corrected chi connectivity index (χ1v) is 8.54. The smallest absolute Gasteiger partial charge is 0.252 e. The summed E-state index contributed by atoms with van der Waals surface area (Å²) in [6.45, 7) is 5.05. The molecule has 0 saturated heterocycles. The predicted molar refractivity (Wildman–Crippen MR) is 101 cm³/mol. The number of amides is 1. The van der Waals surface area contributed by atoms with Crippen LogP contribution < -0.4 is 10.1 Å². The summed E-state index contributed by atoms with van der Waals surface area (Å²) in [4.78, 5) is 20.8. The molecule has 1 N–H and O–H groups in total. The second-order valence-electron chi connectivity index (χ2n) is 5.89. The van der Waals surface area contributed by atoms with Crippen LogP contribution >= 0.6 is 0 Å². The minimum atomic E-state index is -0.129. The number of aromatic nitrogens is 2. The number of nitrogens with one attached hydrogen (secondary N) is 1. The fourth-order valence-corrected chi connectivity index (χ4v) is 2.79. The van der Waals surface area contributed by atoms with Crippen molar-refractivity contribution in [2.75, 3.05) is 6.61 Å². The van der Waals surface area contributed by atoms with Crippen LogP contribution in [-0.4, -0.2) is 22.5 Å². The molecule has 5 nitrogen and oxygen atoms in total. The summed E-state index contributed by atoms with van der Waals surface area (Å²) in [5, 5.41) is 2.98. The largest absolute Gasteiger partial charge is 0.494 e. The highest BCUT2D eigenvalue weighted by Crippen LogP contribution is 2.22. The van der Waals surface area contributed by atoms with Crippen molar-refractivity contribution < 1.29 is 9.53 Å². The van der Waals surface area contributed by atoms with Gasteiger partial charge in [-0.3, -0.25) is 4.79 Å². The molecule has 0 aliphatic heterocycles. The Morgan fingerprint density at radius 2 is 1.88 bits per heavy atom. The second-order valence-corrected chi connectivity index (χ2v) is 5.89. The van der Waals surface area contributed by atoms with E-state index in [1.54, 1.807) is 18.5 Å². The van der Waals surface area contributed by atoms with Crippen LogP contribution in [0.1, 0.15) is 28.4 Å². The molecule has 0 unspecified atom stereocenters. The number of carbonyl (C=O) groups is 1. The van der Waals surface area contributed by atoms with E-state index in [0.717, 1.165) is 28.0 Å². The molecular weight excluding hydrogens is 326 g/mol. The van der Waals surface area contributed by atoms with Crippen LogP contribution in [0.5, 0.6) is 5.75 Å². The molecule has 0 fully saturated rings.